The summed E-state index contributed by atoms with van der Waals surface area (Å²) in [7, 11) is 1.97. The van der Waals surface area contributed by atoms with E-state index in [1.165, 1.54) is 0 Å². The zero-order chi connectivity index (χ0) is 15.2. The van der Waals surface area contributed by atoms with Gasteiger partial charge in [0.25, 0.3) is 0 Å². The van der Waals surface area contributed by atoms with Crippen LogP contribution in [0.4, 0.5) is 5.95 Å². The van der Waals surface area contributed by atoms with Gasteiger partial charge >= 0.3 is 0 Å². The van der Waals surface area contributed by atoms with Crippen molar-refractivity contribution in [3.05, 3.63) is 17.6 Å². The molecule has 0 bridgehead atoms. The third-order valence-corrected chi connectivity index (χ3v) is 6.12. The molecule has 1 amide bonds. The van der Waals surface area contributed by atoms with E-state index in [1.54, 1.807) is 11.3 Å². The average molecular weight is 316 g/mol. The standard InChI is InChI=1S/C16H20N4OS/c1-19-14(21)3-6-16(19)5-2-8-20(9-7-16)15-17-11-13-12(18-15)4-10-22-13/h4,10-11H,2-3,5-9H2,1H3. The Bertz CT molecular complexity index is 715. The molecule has 5 nitrogen and oxygen atoms in total. The van der Waals surface area contributed by atoms with Crippen molar-refractivity contribution >= 4 is 33.4 Å². The van der Waals surface area contributed by atoms with E-state index in [0.29, 0.717) is 12.3 Å². The SMILES string of the molecule is CN1C(=O)CCC12CCCN(c1ncc3sccc3n1)CC2. The highest BCUT2D eigenvalue weighted by atomic mass is 32.1. The molecule has 4 rings (SSSR count). The number of amides is 1. The van der Waals surface area contributed by atoms with Crippen LogP contribution in [-0.4, -0.2) is 46.5 Å². The Kier molecular flexibility index (Phi) is 3.29. The lowest BCUT2D eigenvalue weighted by Crippen LogP contribution is -2.43. The third-order valence-electron chi connectivity index (χ3n) is 5.28. The lowest BCUT2D eigenvalue weighted by atomic mass is 9.88. The molecule has 0 aromatic carbocycles. The third kappa shape index (κ3) is 2.17. The van der Waals surface area contributed by atoms with Crippen molar-refractivity contribution in [3.63, 3.8) is 0 Å². The Morgan fingerprint density at radius 1 is 1.27 bits per heavy atom. The maximum atomic E-state index is 11.9. The van der Waals surface area contributed by atoms with Gasteiger partial charge in [0.05, 0.1) is 16.4 Å². The first-order valence-corrected chi connectivity index (χ1v) is 8.78. The Morgan fingerprint density at radius 2 is 2.18 bits per heavy atom. The molecule has 22 heavy (non-hydrogen) atoms. The van der Waals surface area contributed by atoms with Crippen molar-refractivity contribution in [1.29, 1.82) is 0 Å². The molecule has 1 atom stereocenters. The first-order chi connectivity index (χ1) is 10.7. The molecule has 116 valence electrons. The second-order valence-electron chi connectivity index (χ2n) is 6.36. The molecular weight excluding hydrogens is 296 g/mol. The molecule has 1 unspecified atom stereocenters. The topological polar surface area (TPSA) is 49.3 Å². The van der Waals surface area contributed by atoms with Crippen molar-refractivity contribution in [1.82, 2.24) is 14.9 Å². The number of nitrogens with zero attached hydrogens (tertiary/aromatic N) is 4. The molecule has 4 heterocycles. The number of rotatable bonds is 1. The number of hydrogen-bond acceptors (Lipinski definition) is 5. The summed E-state index contributed by atoms with van der Waals surface area (Å²) in [6.07, 6.45) is 6.82. The van der Waals surface area contributed by atoms with Crippen molar-refractivity contribution in [2.75, 3.05) is 25.0 Å². The highest BCUT2D eigenvalue weighted by Gasteiger charge is 2.43. The van der Waals surface area contributed by atoms with Gasteiger partial charge in [0.15, 0.2) is 0 Å². The van der Waals surface area contributed by atoms with Crippen LogP contribution in [0.2, 0.25) is 0 Å². The van der Waals surface area contributed by atoms with Gasteiger partial charge < -0.3 is 9.80 Å². The van der Waals surface area contributed by atoms with Gasteiger partial charge in [-0.05, 0) is 37.1 Å². The summed E-state index contributed by atoms with van der Waals surface area (Å²) >= 11 is 1.67. The number of carbonyl (C=O) groups is 1. The molecule has 2 saturated heterocycles. The van der Waals surface area contributed by atoms with Crippen LogP contribution in [0.3, 0.4) is 0 Å². The fourth-order valence-electron chi connectivity index (χ4n) is 3.81. The van der Waals surface area contributed by atoms with Crippen LogP contribution in [0, 0.1) is 0 Å². The maximum Gasteiger partial charge on any atom is 0.225 e. The van der Waals surface area contributed by atoms with Crippen LogP contribution in [0.5, 0.6) is 0 Å². The largest absolute Gasteiger partial charge is 0.341 e. The number of fused-ring (bicyclic) bond motifs is 1. The van der Waals surface area contributed by atoms with Gasteiger partial charge in [-0.2, -0.15) is 0 Å². The fraction of sp³-hybridized carbons (Fsp3) is 0.562. The Balaban J connectivity index is 1.56. The molecule has 2 aromatic rings. The first kappa shape index (κ1) is 13.9. The Hall–Kier alpha value is -1.69. The van der Waals surface area contributed by atoms with Gasteiger partial charge in [-0.1, -0.05) is 0 Å². The summed E-state index contributed by atoms with van der Waals surface area (Å²) < 4.78 is 1.14. The molecule has 0 aliphatic carbocycles. The highest BCUT2D eigenvalue weighted by molar-refractivity contribution is 7.17. The van der Waals surface area contributed by atoms with E-state index in [9.17, 15) is 4.79 Å². The highest BCUT2D eigenvalue weighted by Crippen LogP contribution is 2.38. The van der Waals surface area contributed by atoms with Crippen molar-refractivity contribution in [3.8, 4) is 0 Å². The van der Waals surface area contributed by atoms with Crippen LogP contribution >= 0.6 is 11.3 Å². The van der Waals surface area contributed by atoms with E-state index >= 15 is 0 Å². The fourth-order valence-corrected chi connectivity index (χ4v) is 4.50. The minimum Gasteiger partial charge on any atom is -0.341 e. The molecule has 2 fully saturated rings. The predicted molar refractivity (Wildman–Crippen MR) is 88.2 cm³/mol. The number of thiophene rings is 1. The van der Waals surface area contributed by atoms with E-state index in [0.717, 1.165) is 54.9 Å². The van der Waals surface area contributed by atoms with Crippen LogP contribution in [0.25, 0.3) is 10.2 Å². The zero-order valence-corrected chi connectivity index (χ0v) is 13.6. The molecule has 2 aliphatic heterocycles. The summed E-state index contributed by atoms with van der Waals surface area (Å²) in [5.74, 6) is 1.12. The lowest BCUT2D eigenvalue weighted by molar-refractivity contribution is -0.129. The number of likely N-dealkylation sites (tertiary alicyclic amines) is 1. The smallest absolute Gasteiger partial charge is 0.225 e. The van der Waals surface area contributed by atoms with Crippen molar-refractivity contribution in [2.45, 2.75) is 37.6 Å². The molecule has 2 aliphatic rings. The van der Waals surface area contributed by atoms with Crippen molar-refractivity contribution in [2.24, 2.45) is 0 Å². The molecule has 0 N–H and O–H groups in total. The molecule has 6 heteroatoms. The zero-order valence-electron chi connectivity index (χ0n) is 12.8. The van der Waals surface area contributed by atoms with Crippen LogP contribution < -0.4 is 4.90 Å². The predicted octanol–water partition coefficient (Wildman–Crippen LogP) is 2.67. The first-order valence-electron chi connectivity index (χ1n) is 7.90. The van der Waals surface area contributed by atoms with Gasteiger partial charge in [0.2, 0.25) is 11.9 Å². The van der Waals surface area contributed by atoms with Crippen LogP contribution in [0.15, 0.2) is 17.6 Å². The normalized spacial score (nSPS) is 26.1. The van der Waals surface area contributed by atoms with Crippen molar-refractivity contribution < 1.29 is 4.79 Å². The van der Waals surface area contributed by atoms with E-state index in [1.807, 2.05) is 24.2 Å². The van der Waals surface area contributed by atoms with Crippen LogP contribution in [0.1, 0.15) is 32.1 Å². The molecule has 0 saturated carbocycles. The van der Waals surface area contributed by atoms with E-state index in [4.69, 9.17) is 4.98 Å². The number of anilines is 1. The van der Waals surface area contributed by atoms with Gasteiger partial charge in [-0.25, -0.2) is 9.97 Å². The second kappa shape index (κ2) is 5.19. The lowest BCUT2D eigenvalue weighted by Gasteiger charge is -2.35. The van der Waals surface area contributed by atoms with E-state index in [-0.39, 0.29) is 5.54 Å². The average Bonchev–Trinajstić information content (AvgIpc) is 3.02. The second-order valence-corrected chi connectivity index (χ2v) is 7.31. The number of hydrogen-bond donors (Lipinski definition) is 0. The quantitative estimate of drug-likeness (QED) is 0.811. The van der Waals surface area contributed by atoms with E-state index < -0.39 is 0 Å². The number of carbonyl (C=O) groups excluding carboxylic acids is 1. The monoisotopic (exact) mass is 316 g/mol. The molecular formula is C16H20N4OS. The van der Waals surface area contributed by atoms with Crippen LogP contribution in [-0.2, 0) is 4.79 Å². The molecule has 0 radical (unpaired) electrons. The summed E-state index contributed by atoms with van der Waals surface area (Å²) in [6, 6.07) is 2.05. The summed E-state index contributed by atoms with van der Waals surface area (Å²) in [4.78, 5) is 25.4. The Labute approximate surface area is 134 Å². The summed E-state index contributed by atoms with van der Waals surface area (Å²) in [6.45, 7) is 1.90. The summed E-state index contributed by atoms with van der Waals surface area (Å²) in [5.41, 5.74) is 1.10. The maximum absolute atomic E-state index is 11.9. The van der Waals surface area contributed by atoms with E-state index in [2.05, 4.69) is 15.3 Å². The molecule has 2 aromatic heterocycles. The number of aromatic nitrogens is 2. The van der Waals surface area contributed by atoms with Gasteiger partial charge in [-0.3, -0.25) is 4.79 Å². The molecule has 1 spiro atoms. The Morgan fingerprint density at radius 3 is 3.00 bits per heavy atom. The van der Waals surface area contributed by atoms with Gasteiger partial charge in [0.1, 0.15) is 0 Å². The van der Waals surface area contributed by atoms with Gasteiger partial charge in [-0.15, -0.1) is 11.3 Å². The minimum atomic E-state index is 0.0678. The minimum absolute atomic E-state index is 0.0678. The van der Waals surface area contributed by atoms with Gasteiger partial charge in [0, 0.05) is 32.1 Å². The summed E-state index contributed by atoms with van der Waals surface area (Å²) in [5, 5.41) is 2.06.